The topological polar surface area (TPSA) is 93.9 Å². The first-order valence-corrected chi connectivity index (χ1v) is 10.5. The zero-order chi connectivity index (χ0) is 21.3. The molecule has 0 atom stereocenters. The van der Waals surface area contributed by atoms with E-state index in [0.29, 0.717) is 98.1 Å². The number of anilines is 2. The van der Waals surface area contributed by atoms with Crippen LogP contribution in [-0.2, 0) is 28.4 Å². The van der Waals surface area contributed by atoms with E-state index in [9.17, 15) is 0 Å². The Labute approximate surface area is 179 Å². The maximum absolute atomic E-state index is 5.97. The fourth-order valence-corrected chi connectivity index (χ4v) is 2.83. The summed E-state index contributed by atoms with van der Waals surface area (Å²) in [5, 5.41) is 0. The summed E-state index contributed by atoms with van der Waals surface area (Å²) in [6, 6.07) is 5.67. The van der Waals surface area contributed by atoms with E-state index in [1.807, 2.05) is 18.2 Å². The molecular formula is C21H36N2O7. The smallest absolute Gasteiger partial charge is 0.144 e. The van der Waals surface area contributed by atoms with Gasteiger partial charge in [-0.1, -0.05) is 0 Å². The minimum absolute atomic E-state index is 0.451. The molecule has 0 aromatic heterocycles. The van der Waals surface area contributed by atoms with E-state index in [4.69, 9.17) is 38.9 Å². The summed E-state index contributed by atoms with van der Waals surface area (Å²) in [5.41, 5.74) is 7.57. The highest BCUT2D eigenvalue weighted by Gasteiger charge is 2.13. The number of ether oxygens (including phenoxy) is 7. The molecule has 2 rings (SSSR count). The van der Waals surface area contributed by atoms with E-state index in [2.05, 4.69) is 4.90 Å². The first kappa shape index (κ1) is 24.6. The van der Waals surface area contributed by atoms with Gasteiger partial charge in [0.2, 0.25) is 0 Å². The Balaban J connectivity index is 1.96. The predicted molar refractivity (Wildman–Crippen MR) is 115 cm³/mol. The van der Waals surface area contributed by atoms with Crippen molar-refractivity contribution in [1.82, 2.24) is 0 Å². The Bertz CT molecular complexity index is 544. The van der Waals surface area contributed by atoms with Crippen LogP contribution in [0.3, 0.4) is 0 Å². The van der Waals surface area contributed by atoms with Gasteiger partial charge in [0, 0.05) is 32.0 Å². The molecule has 0 aliphatic carbocycles. The number of nitrogens with two attached hydrogens (primary N) is 1. The fourth-order valence-electron chi connectivity index (χ4n) is 2.83. The van der Waals surface area contributed by atoms with Crippen LogP contribution in [-0.4, -0.2) is 99.5 Å². The molecular weight excluding hydrogens is 392 g/mol. The average Bonchev–Trinajstić information content (AvgIpc) is 2.74. The quantitative estimate of drug-likeness (QED) is 0.548. The van der Waals surface area contributed by atoms with Gasteiger partial charge in [0.1, 0.15) is 12.4 Å². The monoisotopic (exact) mass is 428 g/mol. The highest BCUT2D eigenvalue weighted by molar-refractivity contribution is 5.64. The molecule has 1 aromatic rings. The van der Waals surface area contributed by atoms with E-state index in [1.165, 1.54) is 0 Å². The van der Waals surface area contributed by atoms with Gasteiger partial charge in [0.05, 0.1) is 78.4 Å². The summed E-state index contributed by atoms with van der Waals surface area (Å²) in [6.07, 6.45) is 0. The number of rotatable bonds is 5. The van der Waals surface area contributed by atoms with Crippen LogP contribution in [0, 0.1) is 0 Å². The van der Waals surface area contributed by atoms with Crippen LogP contribution in [0.25, 0.3) is 0 Å². The largest absolute Gasteiger partial charge is 0.489 e. The summed E-state index contributed by atoms with van der Waals surface area (Å²) in [4.78, 5) is 2.18. The Kier molecular flexibility index (Phi) is 13.2. The van der Waals surface area contributed by atoms with E-state index in [-0.39, 0.29) is 0 Å². The van der Waals surface area contributed by atoms with Crippen molar-refractivity contribution in [1.29, 1.82) is 0 Å². The highest BCUT2D eigenvalue weighted by atomic mass is 16.6. The Morgan fingerprint density at radius 1 is 0.767 bits per heavy atom. The first-order chi connectivity index (χ1) is 14.8. The molecule has 0 saturated carbocycles. The van der Waals surface area contributed by atoms with Crippen LogP contribution >= 0.6 is 0 Å². The standard InChI is InChI=1S/C21H36N2O7/c1-24-8-17-30-21-18-19(22)2-3-20(21)23-4-6-25-9-11-27-13-15-29-16-14-28-12-10-26-7-5-23/h2-3,18H,4-17,22H2,1H3. The summed E-state index contributed by atoms with van der Waals surface area (Å²) in [7, 11) is 1.65. The molecule has 2 N–H and O–H groups in total. The van der Waals surface area contributed by atoms with E-state index < -0.39 is 0 Å². The summed E-state index contributed by atoms with van der Waals surface area (Å²) in [5.74, 6) is 0.723. The zero-order valence-electron chi connectivity index (χ0n) is 18.0. The number of benzene rings is 1. The molecule has 1 heterocycles. The molecule has 1 aromatic carbocycles. The van der Waals surface area contributed by atoms with Crippen molar-refractivity contribution >= 4 is 11.4 Å². The van der Waals surface area contributed by atoms with Crippen LogP contribution in [0.15, 0.2) is 18.2 Å². The van der Waals surface area contributed by atoms with Gasteiger partial charge in [-0.05, 0) is 12.1 Å². The van der Waals surface area contributed by atoms with Gasteiger partial charge < -0.3 is 43.8 Å². The minimum Gasteiger partial charge on any atom is -0.489 e. The number of hydrogen-bond donors (Lipinski definition) is 1. The molecule has 1 aliphatic heterocycles. The molecule has 0 spiro atoms. The van der Waals surface area contributed by atoms with Crippen molar-refractivity contribution in [3.63, 3.8) is 0 Å². The third-order valence-electron chi connectivity index (χ3n) is 4.37. The summed E-state index contributed by atoms with van der Waals surface area (Å²) in [6.45, 7) is 7.80. The van der Waals surface area contributed by atoms with Crippen LogP contribution in [0.1, 0.15) is 0 Å². The van der Waals surface area contributed by atoms with E-state index in [1.54, 1.807) is 7.11 Å². The van der Waals surface area contributed by atoms with E-state index in [0.717, 1.165) is 11.4 Å². The molecule has 0 bridgehead atoms. The fraction of sp³-hybridized carbons (Fsp3) is 0.714. The zero-order valence-corrected chi connectivity index (χ0v) is 18.0. The molecule has 0 amide bonds. The van der Waals surface area contributed by atoms with Crippen molar-refractivity contribution in [2.24, 2.45) is 0 Å². The van der Waals surface area contributed by atoms with Crippen molar-refractivity contribution < 1.29 is 33.2 Å². The third kappa shape index (κ3) is 10.4. The lowest BCUT2D eigenvalue weighted by Crippen LogP contribution is -2.32. The third-order valence-corrected chi connectivity index (χ3v) is 4.37. The maximum Gasteiger partial charge on any atom is 0.144 e. The predicted octanol–water partition coefficient (Wildman–Crippen LogP) is 1.20. The Hall–Kier alpha value is -1.62. The van der Waals surface area contributed by atoms with Crippen LogP contribution in [0.5, 0.6) is 5.75 Å². The van der Waals surface area contributed by atoms with Gasteiger partial charge >= 0.3 is 0 Å². The molecule has 1 saturated heterocycles. The second kappa shape index (κ2) is 16.1. The lowest BCUT2D eigenvalue weighted by molar-refractivity contribution is -0.0116. The SMILES string of the molecule is COCCOc1cc(N)ccc1N1CCOCCOCCOCCOCCOCC1. The maximum atomic E-state index is 5.97. The van der Waals surface area contributed by atoms with Gasteiger partial charge in [-0.15, -0.1) is 0 Å². The Morgan fingerprint density at radius 2 is 1.27 bits per heavy atom. The van der Waals surface area contributed by atoms with Gasteiger partial charge in [0.15, 0.2) is 0 Å². The van der Waals surface area contributed by atoms with Crippen molar-refractivity contribution in [3.05, 3.63) is 18.2 Å². The second-order valence-electron chi connectivity index (χ2n) is 6.62. The van der Waals surface area contributed by atoms with Crippen molar-refractivity contribution in [2.75, 3.05) is 110 Å². The lowest BCUT2D eigenvalue weighted by Gasteiger charge is -2.27. The van der Waals surface area contributed by atoms with Crippen molar-refractivity contribution in [2.45, 2.75) is 0 Å². The minimum atomic E-state index is 0.451. The Morgan fingerprint density at radius 3 is 1.77 bits per heavy atom. The molecule has 1 fully saturated rings. The number of nitrogen functional groups attached to an aromatic ring is 1. The van der Waals surface area contributed by atoms with Crippen LogP contribution in [0.2, 0.25) is 0 Å². The van der Waals surface area contributed by atoms with E-state index >= 15 is 0 Å². The molecule has 172 valence electrons. The van der Waals surface area contributed by atoms with Gasteiger partial charge in [-0.2, -0.15) is 0 Å². The number of nitrogens with zero attached hydrogens (tertiary/aromatic N) is 1. The number of methoxy groups -OCH3 is 1. The highest BCUT2D eigenvalue weighted by Crippen LogP contribution is 2.30. The van der Waals surface area contributed by atoms with Crippen LogP contribution < -0.4 is 15.4 Å². The molecule has 30 heavy (non-hydrogen) atoms. The molecule has 0 unspecified atom stereocenters. The summed E-state index contributed by atoms with van der Waals surface area (Å²) < 4.78 is 38.9. The lowest BCUT2D eigenvalue weighted by atomic mass is 10.2. The van der Waals surface area contributed by atoms with Gasteiger partial charge in [-0.25, -0.2) is 0 Å². The summed E-state index contributed by atoms with van der Waals surface area (Å²) >= 11 is 0. The first-order valence-electron chi connectivity index (χ1n) is 10.5. The molecule has 9 nitrogen and oxygen atoms in total. The van der Waals surface area contributed by atoms with Crippen molar-refractivity contribution in [3.8, 4) is 5.75 Å². The normalized spacial score (nSPS) is 19.0. The molecule has 0 radical (unpaired) electrons. The molecule has 9 heteroatoms. The number of hydrogen-bond acceptors (Lipinski definition) is 9. The van der Waals surface area contributed by atoms with Gasteiger partial charge in [-0.3, -0.25) is 0 Å². The molecule has 1 aliphatic rings. The van der Waals surface area contributed by atoms with Gasteiger partial charge in [0.25, 0.3) is 0 Å². The average molecular weight is 429 g/mol. The van der Waals surface area contributed by atoms with Crippen LogP contribution in [0.4, 0.5) is 11.4 Å². The second-order valence-corrected chi connectivity index (χ2v) is 6.62.